The lowest BCUT2D eigenvalue weighted by atomic mass is 10.1. The molecule has 0 bridgehead atoms. The number of amides is 1. The third kappa shape index (κ3) is 7.90. The molecule has 4 heteroatoms. The average molecular weight is 365 g/mol. The molecular weight excluding hydrogens is 338 g/mol. The Bertz CT molecular complexity index is 726. The van der Waals surface area contributed by atoms with Crippen molar-refractivity contribution in [2.45, 2.75) is 45.3 Å². The van der Waals surface area contributed by atoms with Gasteiger partial charge < -0.3 is 10.1 Å². The Labute approximate surface area is 161 Å². The number of allylic oxidation sites excluding steroid dienone is 1. The topological polar surface area (TPSA) is 55.4 Å². The molecule has 142 valence electrons. The first-order valence-corrected chi connectivity index (χ1v) is 9.44. The largest absolute Gasteiger partial charge is 0.445 e. The van der Waals surface area contributed by atoms with Crippen molar-refractivity contribution in [2.24, 2.45) is 0 Å². The zero-order valence-corrected chi connectivity index (χ0v) is 15.8. The number of nitrogens with one attached hydrogen (secondary N) is 1. The number of ketones is 1. The SMILES string of the molecule is CCCCCC(/C=C/C(=O)c1ccccc1)NC(=O)OCc1ccccc1. The molecule has 1 amide bonds. The normalized spacial score (nSPS) is 11.9. The van der Waals surface area contributed by atoms with Gasteiger partial charge in [-0.05, 0) is 18.1 Å². The van der Waals surface area contributed by atoms with E-state index in [0.29, 0.717) is 5.56 Å². The molecule has 1 unspecified atom stereocenters. The predicted octanol–water partition coefficient (Wildman–Crippen LogP) is 5.30. The zero-order chi connectivity index (χ0) is 19.3. The molecule has 0 aliphatic carbocycles. The van der Waals surface area contributed by atoms with E-state index in [9.17, 15) is 9.59 Å². The summed E-state index contributed by atoms with van der Waals surface area (Å²) in [7, 11) is 0. The molecule has 0 saturated carbocycles. The molecule has 2 aromatic carbocycles. The first-order valence-electron chi connectivity index (χ1n) is 9.44. The molecule has 0 aliphatic heterocycles. The Kier molecular flexibility index (Phi) is 8.84. The third-order valence-corrected chi connectivity index (χ3v) is 4.17. The van der Waals surface area contributed by atoms with E-state index >= 15 is 0 Å². The Morgan fingerprint density at radius 2 is 1.67 bits per heavy atom. The third-order valence-electron chi connectivity index (χ3n) is 4.17. The second-order valence-corrected chi connectivity index (χ2v) is 6.40. The number of carbonyl (C=O) groups is 2. The van der Waals surface area contributed by atoms with Crippen LogP contribution in [0.15, 0.2) is 72.8 Å². The first kappa shape index (κ1) is 20.4. The highest BCUT2D eigenvalue weighted by molar-refractivity contribution is 6.04. The molecule has 2 aromatic rings. The van der Waals surface area contributed by atoms with Gasteiger partial charge in [-0.1, -0.05) is 92.9 Å². The van der Waals surface area contributed by atoms with Crippen LogP contribution in [0.4, 0.5) is 4.79 Å². The van der Waals surface area contributed by atoms with Crippen molar-refractivity contribution in [3.05, 3.63) is 83.9 Å². The van der Waals surface area contributed by atoms with Gasteiger partial charge in [0.1, 0.15) is 6.61 Å². The Hall–Kier alpha value is -2.88. The second-order valence-electron chi connectivity index (χ2n) is 6.40. The molecule has 27 heavy (non-hydrogen) atoms. The van der Waals surface area contributed by atoms with Gasteiger partial charge in [0, 0.05) is 5.56 Å². The van der Waals surface area contributed by atoms with E-state index in [1.165, 1.54) is 6.08 Å². The van der Waals surface area contributed by atoms with Crippen LogP contribution in [0, 0.1) is 0 Å². The number of hydrogen-bond donors (Lipinski definition) is 1. The first-order chi connectivity index (χ1) is 13.2. The van der Waals surface area contributed by atoms with E-state index in [4.69, 9.17) is 4.74 Å². The Balaban J connectivity index is 1.91. The van der Waals surface area contributed by atoms with Crippen LogP contribution >= 0.6 is 0 Å². The Morgan fingerprint density at radius 3 is 2.33 bits per heavy atom. The lowest BCUT2D eigenvalue weighted by molar-refractivity contribution is 0.104. The van der Waals surface area contributed by atoms with E-state index in [1.54, 1.807) is 18.2 Å². The molecule has 0 fully saturated rings. The fraction of sp³-hybridized carbons (Fsp3) is 0.304. The minimum Gasteiger partial charge on any atom is -0.445 e. The van der Waals surface area contributed by atoms with E-state index in [1.807, 2.05) is 48.5 Å². The van der Waals surface area contributed by atoms with E-state index in [2.05, 4.69) is 12.2 Å². The van der Waals surface area contributed by atoms with Crippen molar-refractivity contribution in [2.75, 3.05) is 0 Å². The highest BCUT2D eigenvalue weighted by atomic mass is 16.5. The molecule has 1 atom stereocenters. The van der Waals surface area contributed by atoms with Gasteiger partial charge in [-0.2, -0.15) is 0 Å². The van der Waals surface area contributed by atoms with Gasteiger partial charge in [0.05, 0.1) is 6.04 Å². The summed E-state index contributed by atoms with van der Waals surface area (Å²) in [5.41, 5.74) is 1.57. The maximum atomic E-state index is 12.2. The average Bonchev–Trinajstić information content (AvgIpc) is 2.71. The number of benzene rings is 2. The van der Waals surface area contributed by atoms with Gasteiger partial charge >= 0.3 is 6.09 Å². The van der Waals surface area contributed by atoms with Gasteiger partial charge in [-0.3, -0.25) is 4.79 Å². The van der Waals surface area contributed by atoms with Gasteiger partial charge in [0.25, 0.3) is 0 Å². The fourth-order valence-electron chi connectivity index (χ4n) is 2.65. The van der Waals surface area contributed by atoms with Crippen molar-refractivity contribution >= 4 is 11.9 Å². The summed E-state index contributed by atoms with van der Waals surface area (Å²) in [5, 5.41) is 2.85. The van der Waals surface area contributed by atoms with Crippen LogP contribution in [0.5, 0.6) is 0 Å². The monoisotopic (exact) mass is 365 g/mol. The molecule has 0 aromatic heterocycles. The summed E-state index contributed by atoms with van der Waals surface area (Å²) in [4.78, 5) is 24.4. The molecule has 0 aliphatic rings. The number of alkyl carbamates (subject to hydrolysis) is 1. The quantitative estimate of drug-likeness (QED) is 0.353. The molecule has 0 saturated heterocycles. The van der Waals surface area contributed by atoms with Crippen LogP contribution < -0.4 is 5.32 Å². The van der Waals surface area contributed by atoms with Crippen LogP contribution in [0.1, 0.15) is 48.5 Å². The van der Waals surface area contributed by atoms with Crippen molar-refractivity contribution < 1.29 is 14.3 Å². The standard InChI is InChI=1S/C23H27NO3/c1-2-3-6-15-21(16-17-22(25)20-13-9-5-10-14-20)24-23(26)27-18-19-11-7-4-8-12-19/h4-5,7-14,16-17,21H,2-3,6,15,18H2,1H3,(H,24,26)/b17-16+. The number of rotatable bonds is 10. The van der Waals surface area contributed by atoms with Crippen LogP contribution in [0.25, 0.3) is 0 Å². The van der Waals surface area contributed by atoms with Crippen molar-refractivity contribution in [1.82, 2.24) is 5.32 Å². The van der Waals surface area contributed by atoms with E-state index in [-0.39, 0.29) is 18.4 Å². The molecule has 1 N–H and O–H groups in total. The summed E-state index contributed by atoms with van der Waals surface area (Å²) < 4.78 is 5.29. The molecule has 0 heterocycles. The maximum Gasteiger partial charge on any atom is 0.407 e. The molecule has 4 nitrogen and oxygen atoms in total. The van der Waals surface area contributed by atoms with Crippen molar-refractivity contribution in [3.8, 4) is 0 Å². The minimum atomic E-state index is -0.475. The lowest BCUT2D eigenvalue weighted by Gasteiger charge is -2.15. The number of carbonyl (C=O) groups excluding carboxylic acids is 2. The molecule has 2 rings (SSSR count). The molecule has 0 spiro atoms. The Morgan fingerprint density at radius 1 is 1.00 bits per heavy atom. The summed E-state index contributed by atoms with van der Waals surface area (Å²) in [5.74, 6) is -0.0736. The lowest BCUT2D eigenvalue weighted by Crippen LogP contribution is -2.34. The van der Waals surface area contributed by atoms with Crippen LogP contribution in [0.3, 0.4) is 0 Å². The van der Waals surface area contributed by atoms with Crippen LogP contribution in [-0.2, 0) is 11.3 Å². The van der Waals surface area contributed by atoms with Crippen LogP contribution in [0.2, 0.25) is 0 Å². The smallest absolute Gasteiger partial charge is 0.407 e. The number of ether oxygens (including phenoxy) is 1. The van der Waals surface area contributed by atoms with Crippen LogP contribution in [-0.4, -0.2) is 17.9 Å². The van der Waals surface area contributed by atoms with Gasteiger partial charge in [-0.25, -0.2) is 4.79 Å². The van der Waals surface area contributed by atoms with Crippen molar-refractivity contribution in [1.29, 1.82) is 0 Å². The van der Waals surface area contributed by atoms with Gasteiger partial charge in [-0.15, -0.1) is 0 Å². The predicted molar refractivity (Wildman–Crippen MR) is 108 cm³/mol. The van der Waals surface area contributed by atoms with Crippen molar-refractivity contribution in [3.63, 3.8) is 0 Å². The summed E-state index contributed by atoms with van der Waals surface area (Å²) in [6, 6.07) is 18.4. The van der Waals surface area contributed by atoms with E-state index in [0.717, 1.165) is 31.2 Å². The summed E-state index contributed by atoms with van der Waals surface area (Å²) >= 11 is 0. The molecular formula is C23H27NO3. The van der Waals surface area contributed by atoms with Gasteiger partial charge in [0.2, 0.25) is 0 Å². The maximum absolute atomic E-state index is 12.2. The minimum absolute atomic E-state index is 0.0736. The summed E-state index contributed by atoms with van der Waals surface area (Å²) in [6.45, 7) is 2.35. The van der Waals surface area contributed by atoms with E-state index < -0.39 is 6.09 Å². The second kappa shape index (κ2) is 11.7. The fourth-order valence-corrected chi connectivity index (χ4v) is 2.65. The number of hydrogen-bond acceptors (Lipinski definition) is 3. The van der Waals surface area contributed by atoms with Gasteiger partial charge in [0.15, 0.2) is 5.78 Å². The zero-order valence-electron chi connectivity index (χ0n) is 15.8. The summed E-state index contributed by atoms with van der Waals surface area (Å²) in [6.07, 6.45) is 6.74. The number of unbranched alkanes of at least 4 members (excludes halogenated alkanes) is 2. The highest BCUT2D eigenvalue weighted by Crippen LogP contribution is 2.08. The highest BCUT2D eigenvalue weighted by Gasteiger charge is 2.11. The molecule has 0 radical (unpaired) electrons.